The maximum atomic E-state index is 5.75. The number of fused-ring (bicyclic) bond motifs is 1. The van der Waals surface area contributed by atoms with Crippen LogP contribution in [0.2, 0.25) is 0 Å². The van der Waals surface area contributed by atoms with Crippen molar-refractivity contribution in [3.8, 4) is 11.8 Å². The van der Waals surface area contributed by atoms with Gasteiger partial charge in [0.15, 0.2) is 0 Å². The molecule has 0 saturated carbocycles. The lowest BCUT2D eigenvalue weighted by Gasteiger charge is -2.32. The van der Waals surface area contributed by atoms with Gasteiger partial charge in [-0.1, -0.05) is 96.0 Å². The van der Waals surface area contributed by atoms with Crippen LogP contribution in [-0.4, -0.2) is 28.1 Å². The Kier molecular flexibility index (Phi) is 18.6. The predicted octanol–water partition coefficient (Wildman–Crippen LogP) is 9.68. The second-order valence-corrected chi connectivity index (χ2v) is 11.7. The lowest BCUT2D eigenvalue weighted by molar-refractivity contribution is 0.172. The molecule has 4 rings (SSSR count). The Bertz CT molecular complexity index is 1310. The minimum absolute atomic E-state index is 0.706. The fourth-order valence-electron chi connectivity index (χ4n) is 5.27. The molecule has 5 nitrogen and oxygen atoms in total. The van der Waals surface area contributed by atoms with Crippen LogP contribution in [0.1, 0.15) is 108 Å². The standard InChI is InChI=1S/C20H30N2.C12H17N3.C4H6.C3H8/c1-4-6-16-8-11-22(12-9-16)14-19-17(5-2)13-15(3)20-18(19)7-10-21-20;1-9(2)14-15(13)11(4)12-7-5-10(3)6-8-12;1-3-4-2;1-3-2/h7,10,13,16,21H,4-6,8-9,11-12,14H2,1-3H3;5-8,14H,1,4,13H2,2-3H3;1-2H3;3H2,1-2H3. The van der Waals surface area contributed by atoms with Crippen molar-refractivity contribution in [2.75, 3.05) is 13.1 Å². The average Bonchev–Trinajstić information content (AvgIpc) is 3.51. The number of benzene rings is 2. The Balaban J connectivity index is 0.000000381. The fourth-order valence-corrected chi connectivity index (χ4v) is 5.27. The molecule has 0 radical (unpaired) electrons. The predicted molar refractivity (Wildman–Crippen MR) is 195 cm³/mol. The highest BCUT2D eigenvalue weighted by molar-refractivity contribution is 5.87. The summed E-state index contributed by atoms with van der Waals surface area (Å²) in [5, 5.41) is 2.81. The summed E-state index contributed by atoms with van der Waals surface area (Å²) in [5.41, 5.74) is 12.3. The third kappa shape index (κ3) is 13.0. The minimum Gasteiger partial charge on any atom is -0.361 e. The Labute approximate surface area is 269 Å². The van der Waals surface area contributed by atoms with Crippen LogP contribution in [0.25, 0.3) is 16.6 Å². The lowest BCUT2D eigenvalue weighted by atomic mass is 9.91. The van der Waals surface area contributed by atoms with Crippen LogP contribution in [0.4, 0.5) is 0 Å². The maximum absolute atomic E-state index is 5.75. The molecule has 0 amide bonds. The van der Waals surface area contributed by atoms with E-state index in [4.69, 9.17) is 5.84 Å². The second kappa shape index (κ2) is 21.3. The molecule has 1 aliphatic rings. The van der Waals surface area contributed by atoms with Gasteiger partial charge in [0.2, 0.25) is 0 Å². The van der Waals surface area contributed by atoms with E-state index in [9.17, 15) is 0 Å². The molecule has 5 heteroatoms. The first-order valence-electron chi connectivity index (χ1n) is 16.4. The number of nitrogens with one attached hydrogen (secondary N) is 2. The smallest absolute Gasteiger partial charge is 0.0754 e. The molecule has 2 aromatic carbocycles. The lowest BCUT2D eigenvalue weighted by Crippen LogP contribution is -2.40. The highest BCUT2D eigenvalue weighted by Gasteiger charge is 2.20. The highest BCUT2D eigenvalue weighted by atomic mass is 15.7. The first-order chi connectivity index (χ1) is 21.1. The number of aromatic nitrogens is 1. The van der Waals surface area contributed by atoms with E-state index in [1.165, 1.54) is 77.9 Å². The molecule has 2 heterocycles. The van der Waals surface area contributed by atoms with Crippen molar-refractivity contribution < 1.29 is 0 Å². The van der Waals surface area contributed by atoms with Crippen molar-refractivity contribution in [3.05, 3.63) is 89.3 Å². The van der Waals surface area contributed by atoms with Crippen molar-refractivity contribution in [3.63, 3.8) is 0 Å². The van der Waals surface area contributed by atoms with Crippen LogP contribution in [-0.2, 0) is 13.0 Å². The third-order valence-corrected chi connectivity index (χ3v) is 7.65. The molecule has 0 spiro atoms. The number of hydrogen-bond acceptors (Lipinski definition) is 4. The number of H-pyrrole nitrogens is 1. The number of aryl methyl sites for hydroxylation is 3. The van der Waals surface area contributed by atoms with Gasteiger partial charge in [0.05, 0.1) is 5.70 Å². The molecule has 1 saturated heterocycles. The van der Waals surface area contributed by atoms with Crippen molar-refractivity contribution in [1.29, 1.82) is 0 Å². The molecule has 242 valence electrons. The van der Waals surface area contributed by atoms with Gasteiger partial charge in [0, 0.05) is 34.9 Å². The number of piperidine rings is 1. The number of likely N-dealkylation sites (tertiary alicyclic amines) is 1. The average molecular weight is 600 g/mol. The van der Waals surface area contributed by atoms with Crippen molar-refractivity contribution in [2.24, 2.45) is 11.8 Å². The summed E-state index contributed by atoms with van der Waals surface area (Å²) in [4.78, 5) is 6.09. The Hall–Kier alpha value is -3.46. The van der Waals surface area contributed by atoms with Crippen molar-refractivity contribution in [1.82, 2.24) is 20.4 Å². The number of aromatic amines is 1. The van der Waals surface area contributed by atoms with E-state index in [0.717, 1.165) is 30.1 Å². The van der Waals surface area contributed by atoms with Crippen molar-refractivity contribution in [2.45, 2.75) is 107 Å². The van der Waals surface area contributed by atoms with Crippen LogP contribution < -0.4 is 11.3 Å². The molecule has 44 heavy (non-hydrogen) atoms. The zero-order valence-corrected chi connectivity index (χ0v) is 29.4. The van der Waals surface area contributed by atoms with Crippen LogP contribution >= 0.6 is 0 Å². The summed E-state index contributed by atoms with van der Waals surface area (Å²) in [5.74, 6) is 12.1. The van der Waals surface area contributed by atoms with Gasteiger partial charge in [0.25, 0.3) is 0 Å². The zero-order valence-electron chi connectivity index (χ0n) is 29.4. The Morgan fingerprint density at radius 2 is 1.61 bits per heavy atom. The summed E-state index contributed by atoms with van der Waals surface area (Å²) >= 11 is 0. The third-order valence-electron chi connectivity index (χ3n) is 7.65. The summed E-state index contributed by atoms with van der Waals surface area (Å²) in [6.45, 7) is 29.9. The van der Waals surface area contributed by atoms with Crippen LogP contribution in [0.5, 0.6) is 0 Å². The highest BCUT2D eigenvalue weighted by Crippen LogP contribution is 2.29. The first-order valence-corrected chi connectivity index (χ1v) is 16.4. The molecule has 4 N–H and O–H groups in total. The van der Waals surface area contributed by atoms with Gasteiger partial charge in [-0.3, -0.25) is 10.3 Å². The minimum atomic E-state index is 0.706. The van der Waals surface area contributed by atoms with Gasteiger partial charge in [-0.15, -0.1) is 11.8 Å². The van der Waals surface area contributed by atoms with E-state index in [1.807, 2.05) is 52.0 Å². The summed E-state index contributed by atoms with van der Waals surface area (Å²) in [6.07, 6.45) is 10.00. The molecular formula is C39H61N5. The normalized spacial score (nSPS) is 12.7. The SMILES string of the molecule is C=C(C)NN(N)C(=C)c1ccc(C)cc1.CC#CC.CCC.CCCC1CCN(Cc2c(CC)cc(C)c3[nH]ccc23)CC1. The molecule has 0 unspecified atom stereocenters. The molecule has 0 atom stereocenters. The number of nitrogens with two attached hydrogens (primary N) is 1. The second-order valence-electron chi connectivity index (χ2n) is 11.7. The molecule has 1 fully saturated rings. The maximum Gasteiger partial charge on any atom is 0.0754 e. The van der Waals surface area contributed by atoms with E-state index in [1.54, 1.807) is 5.56 Å². The largest absolute Gasteiger partial charge is 0.361 e. The van der Waals surface area contributed by atoms with Gasteiger partial charge in [0.1, 0.15) is 0 Å². The zero-order chi connectivity index (χ0) is 33.1. The van der Waals surface area contributed by atoms with Crippen LogP contribution in [0.3, 0.4) is 0 Å². The Morgan fingerprint density at radius 1 is 1.02 bits per heavy atom. The van der Waals surface area contributed by atoms with E-state index < -0.39 is 0 Å². The van der Waals surface area contributed by atoms with Crippen LogP contribution in [0, 0.1) is 31.6 Å². The van der Waals surface area contributed by atoms with E-state index in [2.05, 4.69) is 93.3 Å². The molecule has 0 aliphatic carbocycles. The van der Waals surface area contributed by atoms with Gasteiger partial charge >= 0.3 is 0 Å². The van der Waals surface area contributed by atoms with E-state index >= 15 is 0 Å². The van der Waals surface area contributed by atoms with E-state index in [-0.39, 0.29) is 0 Å². The van der Waals surface area contributed by atoms with Crippen LogP contribution in [0.15, 0.2) is 61.4 Å². The van der Waals surface area contributed by atoms with E-state index in [0.29, 0.717) is 5.70 Å². The van der Waals surface area contributed by atoms with Gasteiger partial charge < -0.3 is 4.98 Å². The number of nitrogens with zero attached hydrogens (tertiary/aromatic N) is 2. The molecular weight excluding hydrogens is 538 g/mol. The summed E-state index contributed by atoms with van der Waals surface area (Å²) in [6, 6.07) is 12.7. The number of rotatable bonds is 9. The monoisotopic (exact) mass is 599 g/mol. The fraction of sp³-hybridized carbons (Fsp3) is 0.487. The summed E-state index contributed by atoms with van der Waals surface area (Å²) < 4.78 is 0. The number of hydrogen-bond donors (Lipinski definition) is 3. The molecule has 1 aromatic heterocycles. The van der Waals surface area contributed by atoms with Crippen molar-refractivity contribution >= 4 is 16.6 Å². The molecule has 3 aromatic rings. The summed E-state index contributed by atoms with van der Waals surface area (Å²) in [7, 11) is 0. The number of allylic oxidation sites excluding steroid dienone is 1. The van der Waals surface area contributed by atoms with Gasteiger partial charge in [-0.05, 0) is 95.6 Å². The molecule has 0 bridgehead atoms. The first kappa shape index (κ1) is 38.6. The quantitative estimate of drug-likeness (QED) is 0.130. The topological polar surface area (TPSA) is 60.3 Å². The van der Waals surface area contributed by atoms with Gasteiger partial charge in [-0.25, -0.2) is 11.0 Å². The Morgan fingerprint density at radius 3 is 2.11 bits per heavy atom. The van der Waals surface area contributed by atoms with Gasteiger partial charge in [-0.2, -0.15) is 0 Å². The molecule has 1 aliphatic heterocycles. The number of hydrazine groups is 2.